The van der Waals surface area contributed by atoms with Crippen LogP contribution in [0.2, 0.25) is 0 Å². The molecule has 1 fully saturated rings. The predicted molar refractivity (Wildman–Crippen MR) is 128 cm³/mol. The Morgan fingerprint density at radius 2 is 1.90 bits per heavy atom. The molecular formula is C24H27N3O2S2. The molecule has 5 rings (SSSR count). The first-order valence-electron chi connectivity index (χ1n) is 11.1. The molecule has 31 heavy (non-hydrogen) atoms. The fourth-order valence-electron chi connectivity index (χ4n) is 4.57. The lowest BCUT2D eigenvalue weighted by Gasteiger charge is -2.26. The number of carbonyl (C=O) groups excluding carboxylic acids is 1. The van der Waals surface area contributed by atoms with Gasteiger partial charge in [0.15, 0.2) is 5.16 Å². The van der Waals surface area contributed by atoms with E-state index < -0.39 is 0 Å². The number of thiophene rings is 1. The van der Waals surface area contributed by atoms with Crippen LogP contribution in [0.15, 0.2) is 28.2 Å². The molecule has 0 spiro atoms. The van der Waals surface area contributed by atoms with Gasteiger partial charge in [0.25, 0.3) is 5.56 Å². The molecule has 1 amide bonds. The molecule has 1 aliphatic carbocycles. The molecule has 3 aromatic rings. The molecule has 2 aliphatic rings. The van der Waals surface area contributed by atoms with Gasteiger partial charge in [-0.25, -0.2) is 4.98 Å². The third kappa shape index (κ3) is 3.82. The minimum Gasteiger partial charge on any atom is -0.342 e. The average Bonchev–Trinajstić information content (AvgIpc) is 3.36. The minimum atomic E-state index is 0.000532. The number of fused-ring (bicyclic) bond motifs is 3. The first-order chi connectivity index (χ1) is 15.0. The van der Waals surface area contributed by atoms with Gasteiger partial charge in [0.2, 0.25) is 5.91 Å². The van der Waals surface area contributed by atoms with Crippen molar-refractivity contribution in [3.8, 4) is 5.69 Å². The van der Waals surface area contributed by atoms with E-state index in [1.807, 2.05) is 23.1 Å². The first kappa shape index (κ1) is 20.8. The molecule has 0 atom stereocenters. The predicted octanol–water partition coefficient (Wildman–Crippen LogP) is 4.66. The molecule has 0 radical (unpaired) electrons. The van der Waals surface area contributed by atoms with Crippen molar-refractivity contribution < 1.29 is 4.79 Å². The van der Waals surface area contributed by atoms with E-state index >= 15 is 0 Å². The molecule has 1 saturated heterocycles. The second-order valence-electron chi connectivity index (χ2n) is 8.57. The molecule has 162 valence electrons. The zero-order valence-corrected chi connectivity index (χ0v) is 19.7. The monoisotopic (exact) mass is 453 g/mol. The molecule has 2 aromatic heterocycles. The highest BCUT2D eigenvalue weighted by molar-refractivity contribution is 7.99. The van der Waals surface area contributed by atoms with Crippen LogP contribution in [0.25, 0.3) is 15.9 Å². The number of hydrogen-bond acceptors (Lipinski definition) is 5. The van der Waals surface area contributed by atoms with Crippen molar-refractivity contribution in [2.75, 3.05) is 18.8 Å². The van der Waals surface area contributed by atoms with Gasteiger partial charge in [0, 0.05) is 18.0 Å². The number of aromatic nitrogens is 2. The van der Waals surface area contributed by atoms with E-state index in [1.54, 1.807) is 15.9 Å². The van der Waals surface area contributed by atoms with Crippen molar-refractivity contribution >= 4 is 39.2 Å². The maximum absolute atomic E-state index is 13.7. The Morgan fingerprint density at radius 3 is 2.68 bits per heavy atom. The van der Waals surface area contributed by atoms with Gasteiger partial charge in [-0.1, -0.05) is 17.8 Å². The van der Waals surface area contributed by atoms with E-state index in [9.17, 15) is 9.59 Å². The quantitative estimate of drug-likeness (QED) is 0.426. The Labute approximate surface area is 190 Å². The number of piperidine rings is 1. The molecule has 0 saturated carbocycles. The van der Waals surface area contributed by atoms with E-state index in [-0.39, 0.29) is 11.5 Å². The maximum atomic E-state index is 13.7. The lowest BCUT2D eigenvalue weighted by atomic mass is 10.1. The summed E-state index contributed by atoms with van der Waals surface area (Å²) in [6, 6.07) is 6.08. The summed E-state index contributed by atoms with van der Waals surface area (Å²) in [7, 11) is 0. The van der Waals surface area contributed by atoms with Crippen molar-refractivity contribution in [3.05, 3.63) is 50.1 Å². The number of likely N-dealkylation sites (tertiary alicyclic amines) is 1. The fourth-order valence-corrected chi connectivity index (χ4v) is 6.79. The van der Waals surface area contributed by atoms with E-state index in [2.05, 4.69) is 13.8 Å². The highest BCUT2D eigenvalue weighted by Crippen LogP contribution is 2.36. The molecular weight excluding hydrogens is 426 g/mol. The van der Waals surface area contributed by atoms with Gasteiger partial charge in [-0.15, -0.1) is 11.3 Å². The summed E-state index contributed by atoms with van der Waals surface area (Å²) >= 11 is 3.04. The summed E-state index contributed by atoms with van der Waals surface area (Å²) in [5, 5.41) is 1.40. The largest absolute Gasteiger partial charge is 0.342 e. The smallest absolute Gasteiger partial charge is 0.267 e. The third-order valence-electron chi connectivity index (χ3n) is 6.49. The highest BCUT2D eigenvalue weighted by atomic mass is 32.2. The Hall–Kier alpha value is -2.12. The second kappa shape index (κ2) is 8.43. The van der Waals surface area contributed by atoms with Crippen LogP contribution in [0.4, 0.5) is 0 Å². The van der Waals surface area contributed by atoms with Crippen LogP contribution in [0.1, 0.15) is 47.3 Å². The van der Waals surface area contributed by atoms with Gasteiger partial charge in [-0.2, -0.15) is 0 Å². The molecule has 1 aromatic carbocycles. The summed E-state index contributed by atoms with van der Waals surface area (Å²) < 4.78 is 1.73. The molecule has 0 bridgehead atoms. The fraction of sp³-hybridized carbons (Fsp3) is 0.458. The van der Waals surface area contributed by atoms with Gasteiger partial charge < -0.3 is 4.90 Å². The Morgan fingerprint density at radius 1 is 1.10 bits per heavy atom. The minimum absolute atomic E-state index is 0.000532. The average molecular weight is 454 g/mol. The number of nitrogens with zero attached hydrogens (tertiary/aromatic N) is 3. The van der Waals surface area contributed by atoms with Crippen LogP contribution in [0.3, 0.4) is 0 Å². The number of carbonyl (C=O) groups is 1. The zero-order chi connectivity index (χ0) is 21.5. The van der Waals surface area contributed by atoms with E-state index in [0.717, 1.165) is 66.7 Å². The Bertz CT molecular complexity index is 1220. The van der Waals surface area contributed by atoms with Crippen molar-refractivity contribution in [1.29, 1.82) is 0 Å². The number of amides is 1. The molecule has 0 unspecified atom stereocenters. The van der Waals surface area contributed by atoms with Gasteiger partial charge in [-0.3, -0.25) is 14.2 Å². The lowest BCUT2D eigenvalue weighted by molar-refractivity contribution is -0.129. The Kier molecular flexibility index (Phi) is 5.65. The van der Waals surface area contributed by atoms with Crippen molar-refractivity contribution in [2.24, 2.45) is 0 Å². The van der Waals surface area contributed by atoms with Crippen molar-refractivity contribution in [2.45, 2.75) is 57.5 Å². The van der Waals surface area contributed by atoms with E-state index in [1.165, 1.54) is 34.2 Å². The lowest BCUT2D eigenvalue weighted by Crippen LogP contribution is -2.36. The summed E-state index contributed by atoms with van der Waals surface area (Å²) in [4.78, 5) is 35.5. The number of thioether (sulfide) groups is 1. The molecule has 3 heterocycles. The Balaban J connectivity index is 1.58. The topological polar surface area (TPSA) is 55.2 Å². The first-order valence-corrected chi connectivity index (χ1v) is 12.9. The van der Waals surface area contributed by atoms with E-state index in [0.29, 0.717) is 10.9 Å². The van der Waals surface area contributed by atoms with Crippen LogP contribution in [0, 0.1) is 13.8 Å². The van der Waals surface area contributed by atoms with Gasteiger partial charge >= 0.3 is 0 Å². The van der Waals surface area contributed by atoms with Crippen LogP contribution in [0.5, 0.6) is 0 Å². The van der Waals surface area contributed by atoms with Crippen molar-refractivity contribution in [1.82, 2.24) is 14.5 Å². The maximum Gasteiger partial charge on any atom is 0.267 e. The normalized spacial score (nSPS) is 16.1. The number of aryl methyl sites for hydroxylation is 4. The van der Waals surface area contributed by atoms with Crippen molar-refractivity contribution in [3.63, 3.8) is 0 Å². The zero-order valence-electron chi connectivity index (χ0n) is 18.1. The van der Waals surface area contributed by atoms with Crippen LogP contribution in [-0.4, -0.2) is 39.2 Å². The number of rotatable bonds is 4. The second-order valence-corrected chi connectivity index (χ2v) is 10.6. The standard InChI is InChI=1S/C24H27N3O2S2/c1-15-9-10-17(13-16(15)2)27-23(29)21-18-7-6-8-19(18)31-22(21)25-24(27)30-14-20(28)26-11-4-3-5-12-26/h9-10,13H,3-8,11-12,14H2,1-2H3. The molecule has 5 nitrogen and oxygen atoms in total. The van der Waals surface area contributed by atoms with Crippen LogP contribution >= 0.6 is 23.1 Å². The highest BCUT2D eigenvalue weighted by Gasteiger charge is 2.25. The van der Waals surface area contributed by atoms with Crippen LogP contribution < -0.4 is 5.56 Å². The van der Waals surface area contributed by atoms with Gasteiger partial charge in [-0.05, 0) is 81.2 Å². The summed E-state index contributed by atoms with van der Waals surface area (Å²) in [6.07, 6.45) is 6.46. The molecule has 7 heteroatoms. The molecule has 1 aliphatic heterocycles. The van der Waals surface area contributed by atoms with E-state index in [4.69, 9.17) is 4.98 Å². The third-order valence-corrected chi connectivity index (χ3v) is 8.60. The van der Waals surface area contributed by atoms with Crippen LogP contribution in [-0.2, 0) is 17.6 Å². The number of benzene rings is 1. The summed E-state index contributed by atoms with van der Waals surface area (Å²) in [6.45, 7) is 5.81. The summed E-state index contributed by atoms with van der Waals surface area (Å²) in [5.74, 6) is 0.452. The van der Waals surface area contributed by atoms with Gasteiger partial charge in [0.1, 0.15) is 4.83 Å². The van der Waals surface area contributed by atoms with Gasteiger partial charge in [0.05, 0.1) is 16.8 Å². The molecule has 0 N–H and O–H groups in total. The SMILES string of the molecule is Cc1ccc(-n2c(SCC(=O)N3CCCCC3)nc3sc4c(c3c2=O)CCC4)cc1C. The number of hydrogen-bond donors (Lipinski definition) is 0. The summed E-state index contributed by atoms with van der Waals surface area (Å²) in [5.41, 5.74) is 4.35.